The van der Waals surface area contributed by atoms with E-state index in [1.807, 2.05) is 37.3 Å². The van der Waals surface area contributed by atoms with Crippen LogP contribution >= 0.6 is 23.2 Å². The first-order valence-corrected chi connectivity index (χ1v) is 8.16. The van der Waals surface area contributed by atoms with Crippen molar-refractivity contribution in [2.75, 3.05) is 5.32 Å². The lowest BCUT2D eigenvalue weighted by atomic mass is 9.84. The van der Waals surface area contributed by atoms with Gasteiger partial charge in [-0.2, -0.15) is 0 Å². The van der Waals surface area contributed by atoms with Crippen molar-refractivity contribution in [3.8, 4) is 0 Å². The fourth-order valence-corrected chi connectivity index (χ4v) is 2.78. The molecule has 0 aromatic heterocycles. The van der Waals surface area contributed by atoms with Crippen LogP contribution in [0.25, 0.3) is 0 Å². The number of anilines is 1. The van der Waals surface area contributed by atoms with Crippen LogP contribution in [0.5, 0.6) is 0 Å². The van der Waals surface area contributed by atoms with Crippen molar-refractivity contribution in [3.05, 3.63) is 64.1 Å². The lowest BCUT2D eigenvalue weighted by molar-refractivity contribution is -0.140. The minimum atomic E-state index is -1.02. The highest BCUT2D eigenvalue weighted by molar-refractivity contribution is 6.42. The van der Waals surface area contributed by atoms with Crippen molar-refractivity contribution in [2.45, 2.75) is 19.3 Å². The maximum absolute atomic E-state index is 12.6. The molecule has 0 aliphatic rings. The molecule has 2 atom stereocenters. The van der Waals surface area contributed by atoms with Gasteiger partial charge in [-0.1, -0.05) is 60.5 Å². The Morgan fingerprint density at radius 3 is 2.33 bits per heavy atom. The molecule has 0 heterocycles. The molecule has 0 radical (unpaired) electrons. The Labute approximate surface area is 150 Å². The largest absolute Gasteiger partial charge is 0.481 e. The zero-order valence-corrected chi connectivity index (χ0v) is 14.5. The summed E-state index contributed by atoms with van der Waals surface area (Å²) < 4.78 is 0. The van der Waals surface area contributed by atoms with Gasteiger partial charge in [-0.15, -0.1) is 0 Å². The van der Waals surface area contributed by atoms with Crippen LogP contribution in [0.1, 0.15) is 24.8 Å². The van der Waals surface area contributed by atoms with E-state index in [1.54, 1.807) is 12.1 Å². The number of rotatable bonds is 6. The molecule has 0 bridgehead atoms. The number of carboxylic acid groups (broad SMARTS) is 1. The molecule has 6 heteroatoms. The van der Waals surface area contributed by atoms with Crippen LogP contribution in [-0.2, 0) is 9.59 Å². The molecule has 0 saturated carbocycles. The minimum Gasteiger partial charge on any atom is -0.481 e. The Hall–Kier alpha value is -2.04. The molecule has 2 aromatic rings. The van der Waals surface area contributed by atoms with E-state index in [9.17, 15) is 9.59 Å². The number of carbonyl (C=O) groups excluding carboxylic acids is 1. The molecule has 4 nitrogen and oxygen atoms in total. The van der Waals surface area contributed by atoms with Gasteiger partial charge >= 0.3 is 5.97 Å². The SMILES string of the molecule is C[C@@H](c1ccccc1)[C@H](CC(=O)O)C(=O)Nc1ccc(Cl)c(Cl)c1. The topological polar surface area (TPSA) is 66.4 Å². The Morgan fingerprint density at radius 1 is 1.08 bits per heavy atom. The summed E-state index contributed by atoms with van der Waals surface area (Å²) in [7, 11) is 0. The summed E-state index contributed by atoms with van der Waals surface area (Å²) in [5.41, 5.74) is 1.39. The highest BCUT2D eigenvalue weighted by Gasteiger charge is 2.28. The second kappa shape index (κ2) is 8.18. The molecule has 0 spiro atoms. The standard InChI is InChI=1S/C18H17Cl2NO3/c1-11(12-5-3-2-4-6-12)14(10-17(22)23)18(24)21-13-7-8-15(19)16(20)9-13/h2-9,11,14H,10H2,1H3,(H,21,24)(H,22,23)/t11-,14-/m0/s1. The van der Waals surface area contributed by atoms with E-state index in [4.69, 9.17) is 28.3 Å². The normalized spacial score (nSPS) is 13.1. The fraction of sp³-hybridized carbons (Fsp3) is 0.222. The highest BCUT2D eigenvalue weighted by Crippen LogP contribution is 2.29. The lowest BCUT2D eigenvalue weighted by Crippen LogP contribution is -2.29. The van der Waals surface area contributed by atoms with Gasteiger partial charge in [-0.3, -0.25) is 9.59 Å². The summed E-state index contributed by atoms with van der Waals surface area (Å²) >= 11 is 11.8. The van der Waals surface area contributed by atoms with Crippen LogP contribution in [-0.4, -0.2) is 17.0 Å². The number of benzene rings is 2. The van der Waals surface area contributed by atoms with Gasteiger partial charge in [0.05, 0.1) is 22.4 Å². The van der Waals surface area contributed by atoms with Crippen molar-refractivity contribution in [1.82, 2.24) is 0 Å². The maximum Gasteiger partial charge on any atom is 0.304 e. The zero-order chi connectivity index (χ0) is 17.7. The van der Waals surface area contributed by atoms with E-state index < -0.39 is 11.9 Å². The third-order valence-electron chi connectivity index (χ3n) is 3.85. The number of carboxylic acids is 1. The van der Waals surface area contributed by atoms with E-state index in [0.29, 0.717) is 15.7 Å². The molecule has 0 aliphatic carbocycles. The van der Waals surface area contributed by atoms with Gasteiger partial charge < -0.3 is 10.4 Å². The van der Waals surface area contributed by atoms with Gasteiger partial charge in [0.1, 0.15) is 0 Å². The molecule has 0 unspecified atom stereocenters. The van der Waals surface area contributed by atoms with Gasteiger partial charge in [0.15, 0.2) is 0 Å². The number of nitrogens with one attached hydrogen (secondary N) is 1. The highest BCUT2D eigenvalue weighted by atomic mass is 35.5. The number of amides is 1. The molecular formula is C18H17Cl2NO3. The monoisotopic (exact) mass is 365 g/mol. The van der Waals surface area contributed by atoms with Gasteiger partial charge in [-0.25, -0.2) is 0 Å². The summed E-state index contributed by atoms with van der Waals surface area (Å²) in [5, 5.41) is 12.6. The van der Waals surface area contributed by atoms with Crippen molar-refractivity contribution >= 4 is 40.8 Å². The van der Waals surface area contributed by atoms with Crippen molar-refractivity contribution in [3.63, 3.8) is 0 Å². The molecule has 0 saturated heterocycles. The maximum atomic E-state index is 12.6. The predicted molar refractivity (Wildman–Crippen MR) is 95.7 cm³/mol. The molecule has 24 heavy (non-hydrogen) atoms. The smallest absolute Gasteiger partial charge is 0.304 e. The van der Waals surface area contributed by atoms with Crippen molar-refractivity contribution in [2.24, 2.45) is 5.92 Å². The molecule has 2 aromatic carbocycles. The second-order valence-electron chi connectivity index (χ2n) is 5.52. The van der Waals surface area contributed by atoms with Crippen LogP contribution in [0.2, 0.25) is 10.0 Å². The van der Waals surface area contributed by atoms with Crippen molar-refractivity contribution in [1.29, 1.82) is 0 Å². The van der Waals surface area contributed by atoms with E-state index in [1.165, 1.54) is 6.07 Å². The third kappa shape index (κ3) is 4.73. The number of aliphatic carboxylic acids is 1. The molecule has 126 valence electrons. The van der Waals surface area contributed by atoms with E-state index in [2.05, 4.69) is 5.32 Å². The number of hydrogen-bond donors (Lipinski definition) is 2. The Balaban J connectivity index is 2.21. The quantitative estimate of drug-likeness (QED) is 0.770. The molecule has 1 amide bonds. The van der Waals surface area contributed by atoms with Gasteiger partial charge in [-0.05, 0) is 29.7 Å². The summed E-state index contributed by atoms with van der Waals surface area (Å²) in [4.78, 5) is 23.8. The zero-order valence-electron chi connectivity index (χ0n) is 13.0. The van der Waals surface area contributed by atoms with Crippen LogP contribution in [0, 0.1) is 5.92 Å². The summed E-state index contributed by atoms with van der Waals surface area (Å²) in [6, 6.07) is 14.1. The van der Waals surface area contributed by atoms with Crippen LogP contribution < -0.4 is 5.32 Å². The Kier molecular flexibility index (Phi) is 6.23. The first-order chi connectivity index (χ1) is 11.4. The predicted octanol–water partition coefficient (Wildman–Crippen LogP) is 4.83. The average molecular weight is 366 g/mol. The Bertz CT molecular complexity index is 734. The van der Waals surface area contributed by atoms with Crippen LogP contribution in [0.3, 0.4) is 0 Å². The first kappa shape index (κ1) is 18.3. The number of halogens is 2. The summed E-state index contributed by atoms with van der Waals surface area (Å²) in [6.45, 7) is 1.84. The van der Waals surface area contributed by atoms with E-state index in [-0.39, 0.29) is 18.2 Å². The summed E-state index contributed by atoms with van der Waals surface area (Å²) in [5.74, 6) is -2.34. The lowest BCUT2D eigenvalue weighted by Gasteiger charge is -2.22. The molecular weight excluding hydrogens is 349 g/mol. The molecule has 2 rings (SSSR count). The summed E-state index contributed by atoms with van der Waals surface area (Å²) in [6.07, 6.45) is -0.261. The first-order valence-electron chi connectivity index (χ1n) is 7.41. The van der Waals surface area contributed by atoms with Gasteiger partial charge in [0, 0.05) is 5.69 Å². The average Bonchev–Trinajstić information content (AvgIpc) is 2.56. The number of hydrogen-bond acceptors (Lipinski definition) is 2. The van der Waals surface area contributed by atoms with Gasteiger partial charge in [0.2, 0.25) is 5.91 Å². The molecule has 0 aliphatic heterocycles. The second-order valence-corrected chi connectivity index (χ2v) is 6.34. The van der Waals surface area contributed by atoms with Crippen LogP contribution in [0.15, 0.2) is 48.5 Å². The van der Waals surface area contributed by atoms with Crippen LogP contribution in [0.4, 0.5) is 5.69 Å². The molecule has 2 N–H and O–H groups in total. The van der Waals surface area contributed by atoms with Crippen molar-refractivity contribution < 1.29 is 14.7 Å². The minimum absolute atomic E-state index is 0.245. The Morgan fingerprint density at radius 2 is 1.75 bits per heavy atom. The van der Waals surface area contributed by atoms with Gasteiger partial charge in [0.25, 0.3) is 0 Å². The molecule has 0 fully saturated rings. The van der Waals surface area contributed by atoms with E-state index in [0.717, 1.165) is 5.56 Å². The fourth-order valence-electron chi connectivity index (χ4n) is 2.48. The van der Waals surface area contributed by atoms with E-state index >= 15 is 0 Å². The number of carbonyl (C=O) groups is 2. The third-order valence-corrected chi connectivity index (χ3v) is 4.59.